The van der Waals surface area contributed by atoms with Gasteiger partial charge >= 0.3 is 12.1 Å². The highest BCUT2D eigenvalue weighted by molar-refractivity contribution is 5.81. The van der Waals surface area contributed by atoms with Crippen LogP contribution in [0.2, 0.25) is 0 Å². The Morgan fingerprint density at radius 3 is 2.20 bits per heavy atom. The first kappa shape index (κ1) is 21.0. The van der Waals surface area contributed by atoms with E-state index >= 15 is 0 Å². The van der Waals surface area contributed by atoms with Gasteiger partial charge in [-0.1, -0.05) is 13.8 Å². The molecule has 1 amide bonds. The zero-order valence-corrected chi connectivity index (χ0v) is 14.8. The normalized spacial score (nSPS) is 12.3. The minimum Gasteiger partial charge on any atom is -0.481 e. The molecule has 1 aromatic heterocycles. The Labute approximate surface area is 144 Å². The van der Waals surface area contributed by atoms with Crippen LogP contribution >= 0.6 is 0 Å². The molecule has 0 radical (unpaired) electrons. The van der Waals surface area contributed by atoms with Crippen LogP contribution < -0.4 is 5.32 Å². The first-order valence-corrected chi connectivity index (χ1v) is 8.05. The molecule has 0 atom stereocenters. The second-order valence-electron chi connectivity index (χ2n) is 6.17. The van der Waals surface area contributed by atoms with E-state index in [1.807, 2.05) is 0 Å². The number of aromatic nitrogens is 2. The Morgan fingerprint density at radius 2 is 1.76 bits per heavy atom. The summed E-state index contributed by atoms with van der Waals surface area (Å²) in [5, 5.41) is 15.8. The topological polar surface area (TPSA) is 84.2 Å². The van der Waals surface area contributed by atoms with Crippen molar-refractivity contribution in [2.24, 2.45) is 5.41 Å². The molecule has 142 valence electrons. The van der Waals surface area contributed by atoms with E-state index in [1.165, 1.54) is 6.92 Å². The van der Waals surface area contributed by atoms with Crippen LogP contribution in [-0.2, 0) is 22.6 Å². The van der Waals surface area contributed by atoms with Crippen LogP contribution in [0, 0.1) is 19.3 Å². The number of nitrogens with zero attached hydrogens (tertiary/aromatic N) is 2. The largest absolute Gasteiger partial charge is 0.481 e. The number of hydrogen-bond donors (Lipinski definition) is 2. The summed E-state index contributed by atoms with van der Waals surface area (Å²) >= 11 is 0. The summed E-state index contributed by atoms with van der Waals surface area (Å²) in [6, 6.07) is 0. The fourth-order valence-corrected chi connectivity index (χ4v) is 2.68. The van der Waals surface area contributed by atoms with Gasteiger partial charge in [0.05, 0.1) is 17.5 Å². The number of carboxylic acids is 1. The molecule has 1 heterocycles. The van der Waals surface area contributed by atoms with Gasteiger partial charge in [0.25, 0.3) is 0 Å². The Bertz CT molecular complexity index is 635. The fraction of sp³-hybridized carbons (Fsp3) is 0.688. The highest BCUT2D eigenvalue weighted by atomic mass is 19.4. The number of hydrogen-bond acceptors (Lipinski definition) is 3. The van der Waals surface area contributed by atoms with E-state index in [0.29, 0.717) is 24.1 Å². The fourth-order valence-electron chi connectivity index (χ4n) is 2.68. The summed E-state index contributed by atoms with van der Waals surface area (Å²) in [6.45, 7) is 5.26. The molecule has 0 unspecified atom stereocenters. The van der Waals surface area contributed by atoms with E-state index < -0.39 is 30.0 Å². The lowest BCUT2D eigenvalue weighted by molar-refractivity contribution is -0.149. The van der Waals surface area contributed by atoms with E-state index in [4.69, 9.17) is 0 Å². The average molecular weight is 363 g/mol. The molecule has 0 saturated heterocycles. The van der Waals surface area contributed by atoms with Crippen molar-refractivity contribution in [1.82, 2.24) is 15.1 Å². The number of carbonyl (C=O) groups excluding carboxylic acids is 1. The maximum Gasteiger partial charge on any atom is 0.408 e. The standard InChI is InChI=1S/C16H24F3N3O3/c1-5-15(6-2,14(24)25)8-20-13(23)7-12-10(3)21-22(11(12)4)9-16(17,18)19/h5-9H2,1-4H3,(H,20,23)(H,24,25). The van der Waals surface area contributed by atoms with E-state index in [1.54, 1.807) is 20.8 Å². The average Bonchev–Trinajstić information content (AvgIpc) is 2.74. The van der Waals surface area contributed by atoms with Crippen LogP contribution in [0.25, 0.3) is 0 Å². The van der Waals surface area contributed by atoms with Gasteiger partial charge in [0, 0.05) is 17.8 Å². The van der Waals surface area contributed by atoms with E-state index in [2.05, 4.69) is 10.4 Å². The summed E-state index contributed by atoms with van der Waals surface area (Å²) in [5.41, 5.74) is 0.0174. The third kappa shape index (κ3) is 5.20. The summed E-state index contributed by atoms with van der Waals surface area (Å²) < 4.78 is 38.4. The lowest BCUT2D eigenvalue weighted by Crippen LogP contribution is -2.42. The van der Waals surface area contributed by atoms with Crippen LogP contribution in [0.15, 0.2) is 0 Å². The van der Waals surface area contributed by atoms with Crippen molar-refractivity contribution in [3.8, 4) is 0 Å². The molecule has 0 bridgehead atoms. The molecule has 25 heavy (non-hydrogen) atoms. The van der Waals surface area contributed by atoms with Gasteiger partial charge in [-0.3, -0.25) is 14.3 Å². The van der Waals surface area contributed by atoms with Crippen LogP contribution in [0.3, 0.4) is 0 Å². The lowest BCUT2D eigenvalue weighted by Gasteiger charge is -2.26. The third-order valence-electron chi connectivity index (χ3n) is 4.63. The maximum atomic E-state index is 12.5. The molecule has 6 nitrogen and oxygen atoms in total. The van der Waals surface area contributed by atoms with E-state index in [9.17, 15) is 27.9 Å². The van der Waals surface area contributed by atoms with E-state index in [-0.39, 0.29) is 18.7 Å². The molecule has 0 aliphatic heterocycles. The number of aryl methyl sites for hydroxylation is 1. The number of nitrogens with one attached hydrogen (secondary N) is 1. The van der Waals surface area contributed by atoms with Gasteiger partial charge in [-0.15, -0.1) is 0 Å². The Balaban J connectivity index is 2.83. The van der Waals surface area contributed by atoms with Gasteiger partial charge in [-0.2, -0.15) is 18.3 Å². The highest BCUT2D eigenvalue weighted by Crippen LogP contribution is 2.26. The van der Waals surface area contributed by atoms with Gasteiger partial charge in [-0.25, -0.2) is 0 Å². The van der Waals surface area contributed by atoms with Gasteiger partial charge in [0.1, 0.15) is 6.54 Å². The minimum absolute atomic E-state index is 0.0249. The Hall–Kier alpha value is -2.06. The van der Waals surface area contributed by atoms with Gasteiger partial charge in [0.15, 0.2) is 0 Å². The highest BCUT2D eigenvalue weighted by Gasteiger charge is 2.35. The number of alkyl halides is 3. The number of halogens is 3. The summed E-state index contributed by atoms with van der Waals surface area (Å²) in [6.07, 6.45) is -3.81. The Morgan fingerprint density at radius 1 is 1.20 bits per heavy atom. The summed E-state index contributed by atoms with van der Waals surface area (Å²) in [4.78, 5) is 23.6. The SMILES string of the molecule is CCC(CC)(CNC(=O)Cc1c(C)nn(CC(F)(F)F)c1C)C(=O)O. The molecule has 0 fully saturated rings. The molecule has 0 aliphatic carbocycles. The monoisotopic (exact) mass is 363 g/mol. The van der Waals surface area contributed by atoms with Crippen LogP contribution in [-0.4, -0.2) is 39.5 Å². The molecule has 0 saturated carbocycles. The second-order valence-corrected chi connectivity index (χ2v) is 6.17. The summed E-state index contributed by atoms with van der Waals surface area (Å²) in [7, 11) is 0. The smallest absolute Gasteiger partial charge is 0.408 e. The van der Waals surface area contributed by atoms with Gasteiger partial charge in [-0.05, 0) is 26.7 Å². The van der Waals surface area contributed by atoms with Gasteiger partial charge in [0.2, 0.25) is 5.91 Å². The first-order valence-electron chi connectivity index (χ1n) is 8.05. The predicted octanol–water partition coefficient (Wildman–Crippen LogP) is 2.61. The van der Waals surface area contributed by atoms with Gasteiger partial charge < -0.3 is 10.4 Å². The molecule has 1 aromatic rings. The molecule has 0 spiro atoms. The number of rotatable bonds is 8. The maximum absolute atomic E-state index is 12.5. The van der Waals surface area contributed by atoms with Crippen molar-refractivity contribution in [3.05, 3.63) is 17.0 Å². The van der Waals surface area contributed by atoms with Crippen LogP contribution in [0.1, 0.15) is 43.6 Å². The first-order chi connectivity index (χ1) is 11.5. The third-order valence-corrected chi connectivity index (χ3v) is 4.63. The van der Waals surface area contributed by atoms with Crippen LogP contribution in [0.4, 0.5) is 13.2 Å². The molecule has 2 N–H and O–H groups in total. The molecule has 1 rings (SSSR count). The number of aliphatic carboxylic acids is 1. The predicted molar refractivity (Wildman–Crippen MR) is 85.1 cm³/mol. The number of carbonyl (C=O) groups is 2. The molecule has 0 aliphatic rings. The number of carboxylic acid groups (broad SMARTS) is 1. The lowest BCUT2D eigenvalue weighted by atomic mass is 9.82. The van der Waals surface area contributed by atoms with Crippen molar-refractivity contribution < 1.29 is 27.9 Å². The second kappa shape index (κ2) is 7.88. The molecular weight excluding hydrogens is 339 g/mol. The van der Waals surface area contributed by atoms with Crippen molar-refractivity contribution in [2.45, 2.75) is 59.7 Å². The van der Waals surface area contributed by atoms with E-state index in [0.717, 1.165) is 4.68 Å². The van der Waals surface area contributed by atoms with Crippen molar-refractivity contribution in [1.29, 1.82) is 0 Å². The van der Waals surface area contributed by atoms with Crippen LogP contribution in [0.5, 0.6) is 0 Å². The van der Waals surface area contributed by atoms with Crippen molar-refractivity contribution >= 4 is 11.9 Å². The quantitative estimate of drug-likeness (QED) is 0.744. The number of amides is 1. The minimum atomic E-state index is -4.40. The molecule has 0 aromatic carbocycles. The Kier molecular flexibility index (Phi) is 6.61. The zero-order valence-electron chi connectivity index (χ0n) is 14.8. The van der Waals surface area contributed by atoms with Crippen molar-refractivity contribution in [3.63, 3.8) is 0 Å². The summed E-state index contributed by atoms with van der Waals surface area (Å²) in [5.74, 6) is -1.42. The molecule has 9 heteroatoms. The zero-order chi connectivity index (χ0) is 19.4. The molecular formula is C16H24F3N3O3. The van der Waals surface area contributed by atoms with Crippen molar-refractivity contribution in [2.75, 3.05) is 6.54 Å².